The van der Waals surface area contributed by atoms with Crippen LogP contribution in [0.25, 0.3) is 0 Å². The predicted octanol–water partition coefficient (Wildman–Crippen LogP) is 10.5. The number of esters is 9. The molecule has 0 aromatic heterocycles. The molecule has 0 heterocycles. The van der Waals surface area contributed by atoms with Crippen LogP contribution in [0.1, 0.15) is 151 Å². The highest BCUT2D eigenvalue weighted by Gasteiger charge is 2.49. The Balaban J connectivity index is 1.35. The van der Waals surface area contributed by atoms with Gasteiger partial charge in [-0.15, -0.1) is 6.58 Å². The van der Waals surface area contributed by atoms with Crippen LogP contribution in [0.4, 0.5) is 0 Å². The van der Waals surface area contributed by atoms with Crippen molar-refractivity contribution in [3.63, 3.8) is 0 Å². The SMILES string of the molecule is C=CCCCCCCCCOC(O)C(OC(C)=O)C(OC(O)C(OC(=O)c1ccccc1)C(OC(=O)c1ccccc1)C(CCOC(=O)c1ccccc1)OC(=O)c1ccccc1)C(CCOC(O)C(OC(=O)c1ccccc1)C(OC(=O)c1ccccc1)C(CCO)OC(=O)c1ccccc1)OC(C)=O. The topological polar surface area (TPSA) is 345 Å². The van der Waals surface area contributed by atoms with Crippen molar-refractivity contribution in [2.24, 2.45) is 0 Å². The molecule has 4 N–H and O–H groups in total. The molecule has 25 nitrogen and oxygen atoms in total. The smallest absolute Gasteiger partial charge is 0.338 e. The summed E-state index contributed by atoms with van der Waals surface area (Å²) in [6.07, 6.45) is -21.2. The average molecular weight is 1460 g/mol. The first-order valence-corrected chi connectivity index (χ1v) is 34.6. The molecule has 0 fully saturated rings. The van der Waals surface area contributed by atoms with E-state index in [1.165, 1.54) is 146 Å². The van der Waals surface area contributed by atoms with Gasteiger partial charge in [-0.05, 0) is 104 Å². The lowest BCUT2D eigenvalue weighted by Crippen LogP contribution is -2.57. The number of benzene rings is 7. The summed E-state index contributed by atoms with van der Waals surface area (Å²) < 4.78 is 72.3. The molecule has 0 radical (unpaired) electrons. The third-order valence-electron chi connectivity index (χ3n) is 16.2. The molecule has 7 aromatic rings. The van der Waals surface area contributed by atoms with Crippen molar-refractivity contribution >= 4 is 53.7 Å². The fourth-order valence-corrected chi connectivity index (χ4v) is 10.9. The van der Waals surface area contributed by atoms with Crippen molar-refractivity contribution in [3.05, 3.63) is 264 Å². The van der Waals surface area contributed by atoms with Crippen molar-refractivity contribution in [1.82, 2.24) is 0 Å². The van der Waals surface area contributed by atoms with E-state index >= 15 is 0 Å². The van der Waals surface area contributed by atoms with Crippen LogP contribution in [0.3, 0.4) is 0 Å². The van der Waals surface area contributed by atoms with Gasteiger partial charge in [0.05, 0.1) is 52.2 Å². The lowest BCUT2D eigenvalue weighted by molar-refractivity contribution is -0.280. The molecule has 0 aliphatic heterocycles. The van der Waals surface area contributed by atoms with Gasteiger partial charge in [0, 0.05) is 46.3 Å². The third kappa shape index (κ3) is 27.0. The minimum atomic E-state index is -2.77. The molecule has 12 atom stereocenters. The maximum absolute atomic E-state index is 14.7. The standard InChI is InChI=1S/C81H88O25/c1-4-5-6-7-8-9-10-32-51-95-79(92)69(99-55(3)84)67(64(98-54(2)83)48-53-97-80(93)70(105-77(90)61-43-28-16-29-44-61)66(102-75(88)59-39-24-14-25-40-59)63(47-50-82)100-73(86)57-35-20-12-21-36-57)104-81(94)71(106-78(91)62-45-30-17-31-46-62)68(103-76(89)60-41-26-15-27-42-60)65(101-74(87)58-37-22-13-23-38-58)49-52-96-72(85)56-33-18-11-19-34-56/h4,11-31,33-46,63-71,79-82,92-94H,1,5-10,32,47-53H2,2-3H3. The van der Waals surface area contributed by atoms with E-state index in [0.717, 1.165) is 46.0 Å². The molecule has 25 heteroatoms. The highest BCUT2D eigenvalue weighted by molar-refractivity contribution is 5.93. The number of hydrogen-bond donors (Lipinski definition) is 4. The first-order valence-electron chi connectivity index (χ1n) is 34.6. The van der Waals surface area contributed by atoms with Crippen LogP contribution in [-0.2, 0) is 66.4 Å². The lowest BCUT2D eigenvalue weighted by Gasteiger charge is -2.39. The molecular weight excluding hydrogens is 1370 g/mol. The second-order valence-electron chi connectivity index (χ2n) is 24.1. The van der Waals surface area contributed by atoms with Crippen LogP contribution in [0.2, 0.25) is 0 Å². The van der Waals surface area contributed by atoms with Gasteiger partial charge < -0.3 is 77.3 Å². The van der Waals surface area contributed by atoms with Gasteiger partial charge in [0.1, 0.15) is 24.4 Å². The second-order valence-corrected chi connectivity index (χ2v) is 24.1. The van der Waals surface area contributed by atoms with E-state index < -0.39 is 167 Å². The maximum atomic E-state index is 14.7. The Labute approximate surface area is 613 Å². The molecule has 0 aliphatic carbocycles. The Morgan fingerprint density at radius 1 is 0.321 bits per heavy atom. The molecule has 106 heavy (non-hydrogen) atoms. The molecule has 7 aromatic carbocycles. The van der Waals surface area contributed by atoms with E-state index in [0.29, 0.717) is 12.8 Å². The fourth-order valence-electron chi connectivity index (χ4n) is 10.9. The summed E-state index contributed by atoms with van der Waals surface area (Å²) in [6, 6.07) is 52.1. The van der Waals surface area contributed by atoms with Crippen LogP contribution in [0.15, 0.2) is 225 Å². The van der Waals surface area contributed by atoms with Gasteiger partial charge in [-0.3, -0.25) is 9.59 Å². The van der Waals surface area contributed by atoms with Crippen molar-refractivity contribution in [3.8, 4) is 0 Å². The number of aliphatic hydroxyl groups excluding tert-OH is 4. The lowest BCUT2D eigenvalue weighted by atomic mass is 10.0. The van der Waals surface area contributed by atoms with Crippen LogP contribution < -0.4 is 0 Å². The first kappa shape index (κ1) is 82.5. The molecule has 12 unspecified atom stereocenters. The zero-order valence-corrected chi connectivity index (χ0v) is 58.7. The van der Waals surface area contributed by atoms with Gasteiger partial charge in [0.2, 0.25) is 0 Å². The molecule has 0 aliphatic rings. The molecule has 562 valence electrons. The Morgan fingerprint density at radius 2 is 0.613 bits per heavy atom. The highest BCUT2D eigenvalue weighted by atomic mass is 16.7. The number of hydrogen-bond acceptors (Lipinski definition) is 25. The third-order valence-corrected chi connectivity index (χ3v) is 16.2. The summed E-state index contributed by atoms with van der Waals surface area (Å²) in [6.45, 7) is 3.26. The quantitative estimate of drug-likeness (QED) is 0.00906. The Kier molecular flexibility index (Phi) is 34.9. The largest absolute Gasteiger partial charge is 0.462 e. The van der Waals surface area contributed by atoms with E-state index in [9.17, 15) is 63.6 Å². The van der Waals surface area contributed by atoms with Crippen molar-refractivity contribution in [2.75, 3.05) is 26.4 Å². The van der Waals surface area contributed by atoms with Gasteiger partial charge in [-0.1, -0.05) is 159 Å². The summed E-state index contributed by atoms with van der Waals surface area (Å²) >= 11 is 0. The Hall–Kier alpha value is -10.8. The summed E-state index contributed by atoms with van der Waals surface area (Å²) in [7, 11) is 0. The van der Waals surface area contributed by atoms with Crippen molar-refractivity contribution in [2.45, 2.75) is 152 Å². The summed E-state index contributed by atoms with van der Waals surface area (Å²) in [5.41, 5.74) is -0.334. The van der Waals surface area contributed by atoms with Crippen LogP contribution in [0.5, 0.6) is 0 Å². The molecule has 0 saturated carbocycles. The molecular formula is C81H88O25. The number of allylic oxidation sites excluding steroid dienone is 1. The normalized spacial score (nSPS) is 14.5. The van der Waals surface area contributed by atoms with Crippen LogP contribution >= 0.6 is 0 Å². The molecule has 7 rings (SSSR count). The van der Waals surface area contributed by atoms with Gasteiger partial charge in [0.15, 0.2) is 49.4 Å². The summed E-state index contributed by atoms with van der Waals surface area (Å²) in [5.74, 6) is -9.70. The van der Waals surface area contributed by atoms with Gasteiger partial charge in [0.25, 0.3) is 0 Å². The number of carbonyl (C=O) groups is 9. The number of aliphatic hydroxyl groups is 4. The van der Waals surface area contributed by atoms with E-state index in [1.54, 1.807) is 66.7 Å². The van der Waals surface area contributed by atoms with Gasteiger partial charge in [-0.2, -0.15) is 0 Å². The van der Waals surface area contributed by atoms with E-state index in [1.807, 2.05) is 6.08 Å². The average Bonchev–Trinajstić information content (AvgIpc) is 0.812. The predicted molar refractivity (Wildman–Crippen MR) is 380 cm³/mol. The summed E-state index contributed by atoms with van der Waals surface area (Å²) in [5, 5.41) is 48.4. The molecule has 0 bridgehead atoms. The van der Waals surface area contributed by atoms with E-state index in [4.69, 9.17) is 56.8 Å². The fraction of sp³-hybridized carbons (Fsp3) is 0.346. The van der Waals surface area contributed by atoms with Gasteiger partial charge in [-0.25, -0.2) is 33.6 Å². The Bertz CT molecular complexity index is 3830. The summed E-state index contributed by atoms with van der Waals surface area (Å²) in [4.78, 5) is 127. The van der Waals surface area contributed by atoms with Crippen LogP contribution in [0, 0.1) is 0 Å². The Morgan fingerprint density at radius 3 is 0.981 bits per heavy atom. The van der Waals surface area contributed by atoms with Gasteiger partial charge >= 0.3 is 53.7 Å². The van der Waals surface area contributed by atoms with Crippen molar-refractivity contribution in [1.29, 1.82) is 0 Å². The van der Waals surface area contributed by atoms with Crippen LogP contribution in [-0.4, -0.2) is 174 Å². The zero-order valence-electron chi connectivity index (χ0n) is 58.7. The molecule has 0 spiro atoms. The monoisotopic (exact) mass is 1460 g/mol. The van der Waals surface area contributed by atoms with Crippen molar-refractivity contribution < 1.29 is 120 Å². The van der Waals surface area contributed by atoms with E-state index in [2.05, 4.69) is 6.58 Å². The maximum Gasteiger partial charge on any atom is 0.338 e. The number of unbranched alkanes of at least 4 members (excludes halogenated alkanes) is 6. The molecule has 0 amide bonds. The minimum absolute atomic E-state index is 0.0113. The number of rotatable bonds is 45. The van der Waals surface area contributed by atoms with E-state index in [-0.39, 0.29) is 45.6 Å². The zero-order chi connectivity index (χ0) is 76.0. The molecule has 0 saturated heterocycles. The minimum Gasteiger partial charge on any atom is -0.462 e. The second kappa shape index (κ2) is 44.8. The highest BCUT2D eigenvalue weighted by Crippen LogP contribution is 2.30. The first-order chi connectivity index (χ1) is 51.3. The number of ether oxygens (including phenoxy) is 12. The number of carbonyl (C=O) groups excluding carboxylic acids is 9.